The van der Waals surface area contributed by atoms with E-state index in [-0.39, 0.29) is 0 Å². The highest BCUT2D eigenvalue weighted by Gasteiger charge is 2.16. The number of aromatic nitrogens is 1. The van der Waals surface area contributed by atoms with Gasteiger partial charge in [0.25, 0.3) is 0 Å². The van der Waals surface area contributed by atoms with Crippen LogP contribution in [-0.4, -0.2) is 24.5 Å². The zero-order chi connectivity index (χ0) is 23.7. The molecule has 0 radical (unpaired) electrons. The Kier molecular flexibility index (Phi) is 33.8. The molecule has 0 aliphatic heterocycles. The number of hydrogen-bond acceptors (Lipinski definition) is 4. The molecule has 2 rings (SSSR count). The minimum atomic E-state index is 0.422. The van der Waals surface area contributed by atoms with Gasteiger partial charge in [0.05, 0.1) is 13.4 Å². The molecule has 0 aromatic carbocycles. The molecule has 0 saturated heterocycles. The van der Waals surface area contributed by atoms with Crippen LogP contribution in [0.25, 0.3) is 0 Å². The van der Waals surface area contributed by atoms with E-state index >= 15 is 0 Å². The van der Waals surface area contributed by atoms with Gasteiger partial charge < -0.3 is 16.2 Å². The van der Waals surface area contributed by atoms with Crippen molar-refractivity contribution >= 4 is 6.34 Å². The Morgan fingerprint density at radius 2 is 1.72 bits per heavy atom. The molecule has 0 amide bonds. The summed E-state index contributed by atoms with van der Waals surface area (Å²) in [6, 6.07) is 6.10. The number of nitrogens with zero attached hydrogens (tertiary/aromatic N) is 1. The van der Waals surface area contributed by atoms with Crippen molar-refractivity contribution in [3.63, 3.8) is 0 Å². The lowest BCUT2D eigenvalue weighted by atomic mass is 9.81. The standard InChI is InChI=1S/C8H17N.C7H9NO.C4H8.2C2H6.CH4N2/c1-7(9)5-6-8-3-2-4-8;1-6-4-3-5-7(8-6)9-2;1-4(2)3;2*1-2;2-1-3/h7-8H,2-6,9H2,1H3;3-5H,1-2H3;1H2,2-3H3;2*1-2H3;1H,(H3,2,3). The summed E-state index contributed by atoms with van der Waals surface area (Å²) in [7, 11) is 1.61. The van der Waals surface area contributed by atoms with Gasteiger partial charge in [-0.1, -0.05) is 58.6 Å². The highest BCUT2D eigenvalue weighted by Crippen LogP contribution is 2.30. The van der Waals surface area contributed by atoms with Crippen LogP contribution in [0.5, 0.6) is 5.88 Å². The van der Waals surface area contributed by atoms with E-state index in [2.05, 4.69) is 24.2 Å². The van der Waals surface area contributed by atoms with Crippen LogP contribution in [0.2, 0.25) is 0 Å². The topological polar surface area (TPSA) is 98.0 Å². The highest BCUT2D eigenvalue weighted by molar-refractivity contribution is 5.46. The SMILES string of the molecule is C=C(C)C.CC.CC.CC(N)CCC1CCC1.COc1cccc(C)n1.N=CN. The van der Waals surface area contributed by atoms with E-state index in [9.17, 15) is 0 Å². The molecular weight excluding hydrogens is 360 g/mol. The summed E-state index contributed by atoms with van der Waals surface area (Å²) in [5.74, 6) is 1.71. The molecule has 1 aromatic heterocycles. The molecule has 1 aliphatic carbocycles. The first-order chi connectivity index (χ1) is 13.8. The molecule has 1 unspecified atom stereocenters. The summed E-state index contributed by atoms with van der Waals surface area (Å²) in [5.41, 5.74) is 12.2. The summed E-state index contributed by atoms with van der Waals surface area (Å²) >= 11 is 0. The monoisotopic (exact) mass is 410 g/mol. The minimum Gasteiger partial charge on any atom is -0.481 e. The van der Waals surface area contributed by atoms with E-state index in [1.807, 2.05) is 66.7 Å². The summed E-state index contributed by atoms with van der Waals surface area (Å²) in [6.45, 7) is 19.5. The van der Waals surface area contributed by atoms with Gasteiger partial charge in [-0.15, -0.1) is 6.58 Å². The summed E-state index contributed by atoms with van der Waals surface area (Å²) in [5, 5.41) is 5.86. The van der Waals surface area contributed by atoms with Crippen molar-refractivity contribution in [1.29, 1.82) is 5.41 Å². The van der Waals surface area contributed by atoms with Crippen molar-refractivity contribution < 1.29 is 4.74 Å². The maximum Gasteiger partial charge on any atom is 0.213 e. The first-order valence-corrected chi connectivity index (χ1v) is 10.8. The second kappa shape index (κ2) is 28.3. The predicted octanol–water partition coefficient (Wildman–Crippen LogP) is 6.50. The average molecular weight is 411 g/mol. The van der Waals surface area contributed by atoms with Gasteiger partial charge in [-0.3, -0.25) is 5.41 Å². The van der Waals surface area contributed by atoms with Crippen LogP contribution in [0.3, 0.4) is 0 Å². The Morgan fingerprint density at radius 1 is 1.28 bits per heavy atom. The predicted molar refractivity (Wildman–Crippen MR) is 132 cm³/mol. The fraction of sp³-hybridized carbons (Fsp3) is 0.667. The van der Waals surface area contributed by atoms with Crippen LogP contribution in [0.4, 0.5) is 0 Å². The van der Waals surface area contributed by atoms with Gasteiger partial charge in [0.2, 0.25) is 5.88 Å². The van der Waals surface area contributed by atoms with Gasteiger partial charge in [-0.2, -0.15) is 0 Å². The number of hydrogen-bond donors (Lipinski definition) is 3. The summed E-state index contributed by atoms with van der Waals surface area (Å²) < 4.78 is 4.88. The normalized spacial score (nSPS) is 11.8. The first kappa shape index (κ1) is 34.6. The Morgan fingerprint density at radius 3 is 1.97 bits per heavy atom. The second-order valence-corrected chi connectivity index (χ2v) is 6.55. The Balaban J connectivity index is -0.000000146. The number of aryl methyl sites for hydroxylation is 1. The van der Waals surface area contributed by atoms with Gasteiger partial charge in [0.15, 0.2) is 0 Å². The first-order valence-electron chi connectivity index (χ1n) is 10.8. The van der Waals surface area contributed by atoms with Gasteiger partial charge in [0, 0.05) is 17.8 Å². The molecule has 5 N–H and O–H groups in total. The van der Waals surface area contributed by atoms with E-state index in [1.165, 1.54) is 37.7 Å². The molecule has 1 atom stereocenters. The molecule has 1 aromatic rings. The largest absolute Gasteiger partial charge is 0.481 e. The molecule has 172 valence electrons. The maximum absolute atomic E-state index is 5.86. The minimum absolute atomic E-state index is 0.422. The molecular formula is C24H50N4O. The molecule has 5 nitrogen and oxygen atoms in total. The van der Waals surface area contributed by atoms with E-state index < -0.39 is 0 Å². The summed E-state index contributed by atoms with van der Waals surface area (Å²) in [6.07, 6.45) is 7.74. The maximum atomic E-state index is 5.86. The molecule has 1 saturated carbocycles. The fourth-order valence-corrected chi connectivity index (χ4v) is 1.91. The van der Waals surface area contributed by atoms with Crippen LogP contribution < -0.4 is 16.2 Å². The molecule has 1 aliphatic rings. The Labute approximate surface area is 181 Å². The Bertz CT molecular complexity index is 454. The van der Waals surface area contributed by atoms with Gasteiger partial charge in [0.1, 0.15) is 0 Å². The van der Waals surface area contributed by atoms with Crippen LogP contribution in [0.15, 0.2) is 30.4 Å². The average Bonchev–Trinajstić information content (AvgIpc) is 2.64. The van der Waals surface area contributed by atoms with Crippen LogP contribution in [-0.2, 0) is 0 Å². The van der Waals surface area contributed by atoms with Gasteiger partial charge in [-0.05, 0) is 52.5 Å². The third-order valence-corrected chi connectivity index (χ3v) is 3.33. The number of ether oxygens (including phenoxy) is 1. The van der Waals surface area contributed by atoms with Crippen molar-refractivity contribution in [2.24, 2.45) is 17.4 Å². The van der Waals surface area contributed by atoms with E-state index in [4.69, 9.17) is 15.9 Å². The van der Waals surface area contributed by atoms with Crippen molar-refractivity contribution in [2.75, 3.05) is 7.11 Å². The molecule has 1 heterocycles. The number of nitrogens with one attached hydrogen (secondary N) is 1. The summed E-state index contributed by atoms with van der Waals surface area (Å²) in [4.78, 5) is 4.07. The van der Waals surface area contributed by atoms with Gasteiger partial charge in [-0.25, -0.2) is 4.98 Å². The van der Waals surface area contributed by atoms with E-state index in [0.29, 0.717) is 11.9 Å². The smallest absolute Gasteiger partial charge is 0.213 e. The zero-order valence-electron chi connectivity index (χ0n) is 20.7. The van der Waals surface area contributed by atoms with Crippen LogP contribution in [0, 0.1) is 18.3 Å². The third kappa shape index (κ3) is 34.1. The van der Waals surface area contributed by atoms with E-state index in [0.717, 1.165) is 18.0 Å². The second-order valence-electron chi connectivity index (χ2n) is 6.55. The lowest BCUT2D eigenvalue weighted by Crippen LogP contribution is -2.19. The molecule has 29 heavy (non-hydrogen) atoms. The molecule has 1 fully saturated rings. The number of nitrogens with two attached hydrogens (primary N) is 2. The Hall–Kier alpha value is -1.88. The van der Waals surface area contributed by atoms with Crippen molar-refractivity contribution in [2.45, 2.75) is 93.5 Å². The van der Waals surface area contributed by atoms with Crippen LogP contribution in [0.1, 0.15) is 86.3 Å². The quantitative estimate of drug-likeness (QED) is 0.300. The van der Waals surface area contributed by atoms with E-state index in [1.54, 1.807) is 7.11 Å². The van der Waals surface area contributed by atoms with Crippen LogP contribution >= 0.6 is 0 Å². The highest BCUT2D eigenvalue weighted by atomic mass is 16.5. The number of pyridine rings is 1. The fourth-order valence-electron chi connectivity index (χ4n) is 1.91. The lowest BCUT2D eigenvalue weighted by Gasteiger charge is -2.25. The van der Waals surface area contributed by atoms with Gasteiger partial charge >= 0.3 is 0 Å². The van der Waals surface area contributed by atoms with Crippen molar-refractivity contribution in [1.82, 2.24) is 4.98 Å². The molecule has 0 spiro atoms. The third-order valence-electron chi connectivity index (χ3n) is 3.33. The zero-order valence-corrected chi connectivity index (χ0v) is 20.7. The lowest BCUT2D eigenvalue weighted by molar-refractivity contribution is 0.284. The number of methoxy groups -OCH3 is 1. The van der Waals surface area contributed by atoms with Crippen molar-refractivity contribution in [3.8, 4) is 5.88 Å². The molecule has 5 heteroatoms. The number of rotatable bonds is 4. The van der Waals surface area contributed by atoms with Crippen molar-refractivity contribution in [3.05, 3.63) is 36.0 Å². The molecule has 0 bridgehead atoms. The number of allylic oxidation sites excluding steroid dienone is 1.